The Balaban J connectivity index is 2.11. The molecule has 2 nitrogen and oxygen atoms in total. The Bertz CT molecular complexity index is 714. The molecule has 0 aliphatic rings. The van der Waals surface area contributed by atoms with Gasteiger partial charge in [0.2, 0.25) is 0 Å². The van der Waals surface area contributed by atoms with Crippen LogP contribution in [0.2, 0.25) is 0 Å². The number of phenols is 1. The molecule has 0 aliphatic carbocycles. The van der Waals surface area contributed by atoms with Gasteiger partial charge in [-0.1, -0.05) is 18.2 Å². The van der Waals surface area contributed by atoms with E-state index in [1.807, 2.05) is 0 Å². The molecule has 1 N–H and O–H groups in total. The molecular formula is C16H11F5O2. The van der Waals surface area contributed by atoms with Crippen molar-refractivity contribution in [3.8, 4) is 5.75 Å². The van der Waals surface area contributed by atoms with Crippen molar-refractivity contribution < 1.29 is 31.9 Å². The molecule has 0 amide bonds. The number of phenolic OH excluding ortho intramolecular Hbond substituents is 1. The molecular weight excluding hydrogens is 319 g/mol. The maximum absolute atomic E-state index is 13.2. The highest BCUT2D eigenvalue weighted by Crippen LogP contribution is 2.29. The lowest BCUT2D eigenvalue weighted by Crippen LogP contribution is -2.09. The lowest BCUT2D eigenvalue weighted by molar-refractivity contribution is -0.137. The van der Waals surface area contributed by atoms with Gasteiger partial charge in [0.1, 0.15) is 5.78 Å². The van der Waals surface area contributed by atoms with Crippen LogP contribution in [0.5, 0.6) is 5.75 Å². The van der Waals surface area contributed by atoms with Crippen molar-refractivity contribution in [3.63, 3.8) is 0 Å². The SMILES string of the molecule is O=C(Cc1cccc(C(F)(F)F)c1)Cc1cc(F)c(O)c(F)c1. The van der Waals surface area contributed by atoms with Crippen LogP contribution in [-0.2, 0) is 23.8 Å². The number of carbonyl (C=O) groups excluding carboxylic acids is 1. The summed E-state index contributed by atoms with van der Waals surface area (Å²) in [5, 5.41) is 8.97. The summed E-state index contributed by atoms with van der Waals surface area (Å²) in [7, 11) is 0. The van der Waals surface area contributed by atoms with E-state index in [1.54, 1.807) is 0 Å². The maximum Gasteiger partial charge on any atom is 0.416 e. The van der Waals surface area contributed by atoms with Crippen molar-refractivity contribution in [2.45, 2.75) is 19.0 Å². The maximum atomic E-state index is 13.2. The van der Waals surface area contributed by atoms with E-state index in [0.29, 0.717) is 0 Å². The average molecular weight is 330 g/mol. The fraction of sp³-hybridized carbons (Fsp3) is 0.188. The van der Waals surface area contributed by atoms with Gasteiger partial charge in [0, 0.05) is 12.8 Å². The third-order valence-electron chi connectivity index (χ3n) is 3.13. The van der Waals surface area contributed by atoms with Gasteiger partial charge in [-0.15, -0.1) is 0 Å². The van der Waals surface area contributed by atoms with Crippen molar-refractivity contribution in [1.82, 2.24) is 0 Å². The molecule has 0 saturated heterocycles. The number of hydrogen-bond donors (Lipinski definition) is 1. The van der Waals surface area contributed by atoms with Crippen molar-refractivity contribution >= 4 is 5.78 Å². The monoisotopic (exact) mass is 330 g/mol. The molecule has 0 fully saturated rings. The van der Waals surface area contributed by atoms with E-state index >= 15 is 0 Å². The topological polar surface area (TPSA) is 37.3 Å². The first-order valence-electron chi connectivity index (χ1n) is 6.51. The number of ketones is 1. The zero-order chi connectivity index (χ0) is 17.2. The first-order valence-corrected chi connectivity index (χ1v) is 6.51. The fourth-order valence-corrected chi connectivity index (χ4v) is 2.10. The van der Waals surface area contributed by atoms with Gasteiger partial charge in [0.05, 0.1) is 5.56 Å². The second kappa shape index (κ2) is 6.36. The number of benzene rings is 2. The first kappa shape index (κ1) is 16.9. The Morgan fingerprint density at radius 1 is 0.957 bits per heavy atom. The molecule has 0 bridgehead atoms. The smallest absolute Gasteiger partial charge is 0.416 e. The number of hydrogen-bond acceptors (Lipinski definition) is 2. The Morgan fingerprint density at radius 3 is 2.09 bits per heavy atom. The standard InChI is InChI=1S/C16H11F5O2/c17-13-7-10(8-14(18)15(13)23)6-12(22)5-9-2-1-3-11(4-9)16(19,20)21/h1-4,7-8,23H,5-6H2. The minimum Gasteiger partial charge on any atom is -0.503 e. The molecule has 0 aliphatic heterocycles. The van der Waals surface area contributed by atoms with Crippen molar-refractivity contribution in [1.29, 1.82) is 0 Å². The summed E-state index contributed by atoms with van der Waals surface area (Å²) in [6.07, 6.45) is -5.17. The summed E-state index contributed by atoms with van der Waals surface area (Å²) in [5.74, 6) is -4.05. The number of aromatic hydroxyl groups is 1. The largest absolute Gasteiger partial charge is 0.503 e. The van der Waals surface area contributed by atoms with Crippen LogP contribution in [0.1, 0.15) is 16.7 Å². The van der Waals surface area contributed by atoms with Gasteiger partial charge >= 0.3 is 6.18 Å². The highest BCUT2D eigenvalue weighted by molar-refractivity contribution is 5.83. The van der Waals surface area contributed by atoms with Crippen molar-refractivity contribution in [2.24, 2.45) is 0 Å². The lowest BCUT2D eigenvalue weighted by atomic mass is 10.0. The van der Waals surface area contributed by atoms with Crippen LogP contribution in [-0.4, -0.2) is 10.9 Å². The minimum absolute atomic E-state index is 0.00484. The van der Waals surface area contributed by atoms with Gasteiger partial charge < -0.3 is 5.11 Å². The molecule has 0 radical (unpaired) electrons. The quantitative estimate of drug-likeness (QED) is 0.859. The van der Waals surface area contributed by atoms with Crippen molar-refractivity contribution in [2.75, 3.05) is 0 Å². The molecule has 7 heteroatoms. The summed E-state index contributed by atoms with van der Waals surface area (Å²) >= 11 is 0. The van der Waals surface area contributed by atoms with E-state index in [-0.39, 0.29) is 24.0 Å². The number of carbonyl (C=O) groups is 1. The average Bonchev–Trinajstić information content (AvgIpc) is 2.44. The first-order chi connectivity index (χ1) is 10.7. The zero-order valence-corrected chi connectivity index (χ0v) is 11.6. The normalized spacial score (nSPS) is 11.5. The van der Waals surface area contributed by atoms with Gasteiger partial charge in [0.25, 0.3) is 0 Å². The van der Waals surface area contributed by atoms with E-state index in [4.69, 9.17) is 5.11 Å². The van der Waals surface area contributed by atoms with Gasteiger partial charge in [-0.2, -0.15) is 13.2 Å². The molecule has 0 spiro atoms. The Hall–Kier alpha value is -2.44. The summed E-state index contributed by atoms with van der Waals surface area (Å²) < 4.78 is 64.1. The highest BCUT2D eigenvalue weighted by atomic mass is 19.4. The van der Waals surface area contributed by atoms with E-state index in [1.165, 1.54) is 12.1 Å². The van der Waals surface area contributed by atoms with Crippen LogP contribution >= 0.6 is 0 Å². The second-order valence-corrected chi connectivity index (χ2v) is 5.00. The summed E-state index contributed by atoms with van der Waals surface area (Å²) in [5.41, 5.74) is -0.719. The van der Waals surface area contributed by atoms with E-state index in [9.17, 15) is 26.7 Å². The second-order valence-electron chi connectivity index (χ2n) is 5.00. The zero-order valence-electron chi connectivity index (χ0n) is 11.6. The van der Waals surface area contributed by atoms with Gasteiger partial charge in [0.15, 0.2) is 17.4 Å². The van der Waals surface area contributed by atoms with Crippen LogP contribution < -0.4 is 0 Å². The van der Waals surface area contributed by atoms with Crippen LogP contribution in [0.25, 0.3) is 0 Å². The van der Waals surface area contributed by atoms with Gasteiger partial charge in [-0.3, -0.25) is 4.79 Å². The van der Waals surface area contributed by atoms with Gasteiger partial charge in [-0.25, -0.2) is 8.78 Å². The number of Topliss-reactive ketones (excluding diaryl/α,β-unsaturated/α-hetero) is 1. The molecule has 0 saturated carbocycles. The molecule has 0 unspecified atom stereocenters. The molecule has 2 rings (SSSR count). The molecule has 0 heterocycles. The highest BCUT2D eigenvalue weighted by Gasteiger charge is 2.30. The minimum atomic E-state index is -4.51. The molecule has 0 aromatic heterocycles. The Labute approximate surface area is 128 Å². The lowest BCUT2D eigenvalue weighted by Gasteiger charge is -2.08. The molecule has 23 heavy (non-hydrogen) atoms. The summed E-state index contributed by atoms with van der Waals surface area (Å²) in [6, 6.07) is 5.91. The van der Waals surface area contributed by atoms with Crippen molar-refractivity contribution in [3.05, 3.63) is 64.7 Å². The predicted octanol–water partition coefficient (Wildman–Crippen LogP) is 4.04. The molecule has 2 aromatic carbocycles. The summed E-state index contributed by atoms with van der Waals surface area (Å²) in [4.78, 5) is 11.9. The van der Waals surface area contributed by atoms with Gasteiger partial charge in [-0.05, 0) is 29.3 Å². The van der Waals surface area contributed by atoms with Crippen LogP contribution in [0.4, 0.5) is 22.0 Å². The summed E-state index contributed by atoms with van der Waals surface area (Å²) in [6.45, 7) is 0. The third kappa shape index (κ3) is 4.28. The molecule has 2 aromatic rings. The van der Waals surface area contributed by atoms with Crippen LogP contribution in [0, 0.1) is 11.6 Å². The molecule has 0 atom stereocenters. The van der Waals surface area contributed by atoms with Crippen LogP contribution in [0.3, 0.4) is 0 Å². The fourth-order valence-electron chi connectivity index (χ4n) is 2.10. The number of rotatable bonds is 4. The number of halogens is 5. The molecule has 122 valence electrons. The third-order valence-corrected chi connectivity index (χ3v) is 3.13. The Morgan fingerprint density at radius 2 is 1.52 bits per heavy atom. The number of alkyl halides is 3. The Kier molecular flexibility index (Phi) is 4.68. The van der Waals surface area contributed by atoms with Crippen LogP contribution in [0.15, 0.2) is 36.4 Å². The van der Waals surface area contributed by atoms with E-state index in [2.05, 4.69) is 0 Å². The predicted molar refractivity (Wildman–Crippen MR) is 71.9 cm³/mol. The van der Waals surface area contributed by atoms with E-state index in [0.717, 1.165) is 24.3 Å². The van der Waals surface area contributed by atoms with E-state index < -0.39 is 34.9 Å².